The average molecular weight is 231 g/mol. The maximum atomic E-state index is 12.5. The number of alkyl halides is 2. The summed E-state index contributed by atoms with van der Waals surface area (Å²) < 4.78 is 29.4. The zero-order chi connectivity index (χ0) is 12.3. The van der Waals surface area contributed by atoms with Gasteiger partial charge in [0.2, 0.25) is 0 Å². The Kier molecular flexibility index (Phi) is 3.76. The van der Waals surface area contributed by atoms with Gasteiger partial charge in [-0.1, -0.05) is 0 Å². The topological polar surface area (TPSA) is 59.4 Å². The van der Waals surface area contributed by atoms with Gasteiger partial charge in [0.15, 0.2) is 0 Å². The highest BCUT2D eigenvalue weighted by Crippen LogP contribution is 2.26. The van der Waals surface area contributed by atoms with Gasteiger partial charge in [0.25, 0.3) is 6.43 Å². The first-order valence-corrected chi connectivity index (χ1v) is 4.50. The lowest BCUT2D eigenvalue weighted by molar-refractivity contribution is -0.139. The van der Waals surface area contributed by atoms with Crippen molar-refractivity contribution in [3.8, 4) is 5.75 Å². The normalized spacial score (nSPS) is 10.6. The van der Waals surface area contributed by atoms with E-state index in [0.717, 1.165) is 6.07 Å². The summed E-state index contributed by atoms with van der Waals surface area (Å²) in [5, 5.41) is 9.43. The van der Waals surface area contributed by atoms with E-state index in [4.69, 9.17) is 0 Å². The van der Waals surface area contributed by atoms with Crippen LogP contribution in [0.25, 0.3) is 0 Å². The molecule has 88 valence electrons. The summed E-state index contributed by atoms with van der Waals surface area (Å²) in [6.45, 7) is 1.41. The zero-order valence-corrected chi connectivity index (χ0v) is 8.83. The molecular formula is C10H11F2NO3. The third kappa shape index (κ3) is 2.65. The van der Waals surface area contributed by atoms with Gasteiger partial charge >= 0.3 is 5.97 Å². The van der Waals surface area contributed by atoms with Gasteiger partial charge in [-0.2, -0.15) is 0 Å². The molecule has 0 fully saturated rings. The van der Waals surface area contributed by atoms with Crippen LogP contribution in [0, 0.1) is 6.92 Å². The van der Waals surface area contributed by atoms with Crippen molar-refractivity contribution in [2.45, 2.75) is 19.8 Å². The van der Waals surface area contributed by atoms with Crippen LogP contribution in [0.3, 0.4) is 0 Å². The molecule has 0 amide bonds. The Morgan fingerprint density at radius 3 is 2.75 bits per heavy atom. The number of esters is 1. The van der Waals surface area contributed by atoms with Crippen LogP contribution in [0.5, 0.6) is 5.75 Å². The Morgan fingerprint density at radius 1 is 1.62 bits per heavy atom. The molecule has 0 saturated heterocycles. The molecule has 1 rings (SSSR count). The fourth-order valence-electron chi connectivity index (χ4n) is 1.21. The Hall–Kier alpha value is -1.72. The maximum absolute atomic E-state index is 12.5. The van der Waals surface area contributed by atoms with Crippen LogP contribution < -0.4 is 0 Å². The van der Waals surface area contributed by atoms with Crippen LogP contribution in [-0.4, -0.2) is 23.2 Å². The van der Waals surface area contributed by atoms with E-state index >= 15 is 0 Å². The third-order valence-electron chi connectivity index (χ3n) is 2.05. The molecule has 0 aromatic carbocycles. The highest BCUT2D eigenvalue weighted by molar-refractivity contribution is 5.72. The number of pyridine rings is 1. The molecule has 0 aliphatic rings. The fourth-order valence-corrected chi connectivity index (χ4v) is 1.21. The second-order valence-corrected chi connectivity index (χ2v) is 3.21. The summed E-state index contributed by atoms with van der Waals surface area (Å²) in [5.41, 5.74) is -0.356. The standard InChI is InChI=1S/C10H11F2NO3/c1-5-3-7(14)6(4-8(15)16-2)13-9(5)10(11)12/h3,10,14H,4H2,1-2H3. The minimum atomic E-state index is -2.74. The molecule has 0 aliphatic heterocycles. The van der Waals surface area contributed by atoms with E-state index in [2.05, 4.69) is 9.72 Å². The van der Waals surface area contributed by atoms with Gasteiger partial charge < -0.3 is 9.84 Å². The predicted molar refractivity (Wildman–Crippen MR) is 51.3 cm³/mol. The Labute approximate surface area is 90.9 Å². The number of aromatic hydroxyl groups is 1. The Bertz CT molecular complexity index is 407. The van der Waals surface area contributed by atoms with Crippen LogP contribution in [0.2, 0.25) is 0 Å². The average Bonchev–Trinajstić information content (AvgIpc) is 2.21. The second kappa shape index (κ2) is 4.87. The molecule has 0 spiro atoms. The van der Waals surface area contributed by atoms with Gasteiger partial charge in [0, 0.05) is 0 Å². The van der Waals surface area contributed by atoms with Crippen LogP contribution in [0.15, 0.2) is 6.07 Å². The Balaban J connectivity index is 3.09. The molecule has 1 aromatic heterocycles. The molecule has 0 atom stereocenters. The molecule has 4 nitrogen and oxygen atoms in total. The van der Waals surface area contributed by atoms with Crippen molar-refractivity contribution in [3.05, 3.63) is 23.0 Å². The molecule has 6 heteroatoms. The molecule has 1 aromatic rings. The highest BCUT2D eigenvalue weighted by Gasteiger charge is 2.17. The van der Waals surface area contributed by atoms with E-state index in [1.54, 1.807) is 0 Å². The van der Waals surface area contributed by atoms with E-state index in [1.807, 2.05) is 0 Å². The number of methoxy groups -OCH3 is 1. The first-order chi connectivity index (χ1) is 7.45. The lowest BCUT2D eigenvalue weighted by Gasteiger charge is -2.08. The largest absolute Gasteiger partial charge is 0.506 e. The quantitative estimate of drug-likeness (QED) is 0.805. The van der Waals surface area contributed by atoms with Crippen molar-refractivity contribution < 1.29 is 23.4 Å². The Morgan fingerprint density at radius 2 is 2.25 bits per heavy atom. The van der Waals surface area contributed by atoms with Gasteiger partial charge in [-0.15, -0.1) is 0 Å². The van der Waals surface area contributed by atoms with Gasteiger partial charge in [-0.05, 0) is 18.6 Å². The first kappa shape index (κ1) is 12.4. The smallest absolute Gasteiger partial charge is 0.311 e. The number of hydrogen-bond acceptors (Lipinski definition) is 4. The summed E-state index contributed by atoms with van der Waals surface area (Å²) in [5.74, 6) is -0.931. The summed E-state index contributed by atoms with van der Waals surface area (Å²) in [4.78, 5) is 14.5. The van der Waals surface area contributed by atoms with Crippen LogP contribution in [-0.2, 0) is 16.0 Å². The maximum Gasteiger partial charge on any atom is 0.311 e. The molecule has 1 N–H and O–H groups in total. The van der Waals surface area contributed by atoms with Crippen LogP contribution in [0.4, 0.5) is 8.78 Å². The third-order valence-corrected chi connectivity index (χ3v) is 2.05. The van der Waals surface area contributed by atoms with E-state index in [0.29, 0.717) is 0 Å². The molecular weight excluding hydrogens is 220 g/mol. The van der Waals surface area contributed by atoms with Gasteiger partial charge in [0.05, 0.1) is 19.2 Å². The first-order valence-electron chi connectivity index (χ1n) is 4.50. The number of carbonyl (C=O) groups is 1. The number of ether oxygens (including phenoxy) is 1. The van der Waals surface area contributed by atoms with Crippen molar-refractivity contribution in [2.24, 2.45) is 0 Å². The summed E-state index contributed by atoms with van der Waals surface area (Å²) >= 11 is 0. The number of aryl methyl sites for hydroxylation is 1. The van der Waals surface area contributed by atoms with Crippen molar-refractivity contribution >= 4 is 5.97 Å². The van der Waals surface area contributed by atoms with Crippen molar-refractivity contribution in [3.63, 3.8) is 0 Å². The van der Waals surface area contributed by atoms with Crippen molar-refractivity contribution in [1.29, 1.82) is 0 Å². The molecule has 0 unspecified atom stereocenters. The van der Waals surface area contributed by atoms with E-state index in [-0.39, 0.29) is 23.4 Å². The number of carbonyl (C=O) groups excluding carboxylic acids is 1. The number of halogens is 2. The van der Waals surface area contributed by atoms with E-state index < -0.39 is 18.1 Å². The SMILES string of the molecule is COC(=O)Cc1nc(C(F)F)c(C)cc1O. The minimum absolute atomic E-state index is 0.104. The number of aromatic nitrogens is 1. The summed E-state index contributed by atoms with van der Waals surface area (Å²) in [6, 6.07) is 1.16. The number of nitrogens with zero attached hydrogens (tertiary/aromatic N) is 1. The van der Waals surface area contributed by atoms with E-state index in [9.17, 15) is 18.7 Å². The molecule has 0 radical (unpaired) electrons. The molecule has 1 heterocycles. The molecule has 16 heavy (non-hydrogen) atoms. The van der Waals surface area contributed by atoms with Crippen LogP contribution in [0.1, 0.15) is 23.4 Å². The monoisotopic (exact) mass is 231 g/mol. The summed E-state index contributed by atoms with van der Waals surface area (Å²) in [7, 11) is 1.17. The van der Waals surface area contributed by atoms with Crippen molar-refractivity contribution in [1.82, 2.24) is 4.98 Å². The van der Waals surface area contributed by atoms with Gasteiger partial charge in [0.1, 0.15) is 11.4 Å². The van der Waals surface area contributed by atoms with Crippen molar-refractivity contribution in [2.75, 3.05) is 7.11 Å². The zero-order valence-electron chi connectivity index (χ0n) is 8.83. The van der Waals surface area contributed by atoms with Gasteiger partial charge in [-0.25, -0.2) is 13.8 Å². The lowest BCUT2D eigenvalue weighted by Crippen LogP contribution is -2.08. The molecule has 0 aliphatic carbocycles. The van der Waals surface area contributed by atoms with E-state index in [1.165, 1.54) is 14.0 Å². The lowest BCUT2D eigenvalue weighted by atomic mass is 10.1. The van der Waals surface area contributed by atoms with Crippen LogP contribution >= 0.6 is 0 Å². The number of hydrogen-bond donors (Lipinski definition) is 1. The second-order valence-electron chi connectivity index (χ2n) is 3.21. The molecule has 0 bridgehead atoms. The fraction of sp³-hybridized carbons (Fsp3) is 0.400. The highest BCUT2D eigenvalue weighted by atomic mass is 19.3. The molecule has 0 saturated carbocycles. The number of rotatable bonds is 3. The van der Waals surface area contributed by atoms with Gasteiger partial charge in [-0.3, -0.25) is 4.79 Å². The summed E-state index contributed by atoms with van der Waals surface area (Å²) in [6.07, 6.45) is -3.07. The predicted octanol–water partition coefficient (Wildman–Crippen LogP) is 1.75. The minimum Gasteiger partial charge on any atom is -0.506 e.